The van der Waals surface area contributed by atoms with Crippen LogP contribution < -0.4 is 4.74 Å². The highest BCUT2D eigenvalue weighted by atomic mass is 32.1. The van der Waals surface area contributed by atoms with Crippen molar-refractivity contribution in [3.05, 3.63) is 48.8 Å². The molecule has 0 N–H and O–H groups in total. The number of aromatic nitrogens is 1. The lowest BCUT2D eigenvalue weighted by atomic mass is 10.1. The van der Waals surface area contributed by atoms with E-state index >= 15 is 0 Å². The van der Waals surface area contributed by atoms with Gasteiger partial charge in [0.05, 0.1) is 6.61 Å². The smallest absolute Gasteiger partial charge is 0.248 e. The molecule has 0 bridgehead atoms. The number of methoxy groups -OCH3 is 1. The Kier molecular flexibility index (Phi) is 6.74. The van der Waals surface area contributed by atoms with Gasteiger partial charge in [0.2, 0.25) is 5.92 Å². The largest absolute Gasteiger partial charge is 0.494 e. The van der Waals surface area contributed by atoms with Gasteiger partial charge in [-0.3, -0.25) is 4.98 Å². The number of halogens is 2. The van der Waals surface area contributed by atoms with Crippen LogP contribution in [0.3, 0.4) is 0 Å². The molecule has 0 spiro atoms. The summed E-state index contributed by atoms with van der Waals surface area (Å²) in [4.78, 5) is 5.30. The van der Waals surface area contributed by atoms with Gasteiger partial charge in [0, 0.05) is 54.1 Å². The van der Waals surface area contributed by atoms with Crippen LogP contribution in [-0.4, -0.2) is 31.2 Å². The third kappa shape index (κ3) is 5.71. The molecule has 0 aliphatic rings. The molecule has 0 fully saturated rings. The molecule has 3 rings (SSSR count). The number of ether oxygens (including phenoxy) is 2. The fraction of sp³-hybridized carbons (Fsp3) is 0.381. The average molecular weight is 391 g/mol. The minimum absolute atomic E-state index is 0.140. The second-order valence-corrected chi connectivity index (χ2v) is 7.54. The molecule has 3 nitrogen and oxygen atoms in total. The molecule has 6 heteroatoms. The van der Waals surface area contributed by atoms with Crippen molar-refractivity contribution in [2.45, 2.75) is 31.6 Å². The third-order valence-corrected chi connectivity index (χ3v) is 5.43. The molecule has 0 saturated heterocycles. The zero-order valence-electron chi connectivity index (χ0n) is 15.3. The fourth-order valence-corrected chi connectivity index (χ4v) is 3.95. The molecular weight excluding hydrogens is 368 g/mol. The van der Waals surface area contributed by atoms with Gasteiger partial charge in [-0.1, -0.05) is 6.07 Å². The van der Waals surface area contributed by atoms with E-state index < -0.39 is 5.92 Å². The molecule has 0 unspecified atom stereocenters. The molecule has 0 aliphatic carbocycles. The summed E-state index contributed by atoms with van der Waals surface area (Å²) in [5, 5.41) is 1.14. The number of hydrogen-bond acceptors (Lipinski definition) is 4. The summed E-state index contributed by atoms with van der Waals surface area (Å²) in [7, 11) is 1.52. The van der Waals surface area contributed by atoms with E-state index in [0.29, 0.717) is 25.2 Å². The number of nitrogens with zero attached hydrogens (tertiary/aromatic N) is 1. The molecule has 0 amide bonds. The Bertz CT molecular complexity index is 852. The quantitative estimate of drug-likeness (QED) is 0.387. The van der Waals surface area contributed by atoms with Crippen LogP contribution in [0.1, 0.15) is 25.7 Å². The summed E-state index contributed by atoms with van der Waals surface area (Å²) in [6.45, 7) is 0.653. The van der Waals surface area contributed by atoms with Crippen LogP contribution in [-0.2, 0) is 4.74 Å². The first kappa shape index (κ1) is 19.7. The van der Waals surface area contributed by atoms with Crippen LogP contribution >= 0.6 is 11.3 Å². The number of alkyl halides is 2. The summed E-state index contributed by atoms with van der Waals surface area (Å²) in [5.74, 6) is -1.94. The van der Waals surface area contributed by atoms with Gasteiger partial charge in [0.1, 0.15) is 5.75 Å². The highest BCUT2D eigenvalue weighted by molar-refractivity contribution is 7.22. The lowest BCUT2D eigenvalue weighted by Gasteiger charge is -2.16. The summed E-state index contributed by atoms with van der Waals surface area (Å²) in [6.07, 6.45) is 3.99. The van der Waals surface area contributed by atoms with Crippen molar-refractivity contribution in [3.63, 3.8) is 0 Å². The molecule has 2 heterocycles. The van der Waals surface area contributed by atoms with Gasteiger partial charge < -0.3 is 9.47 Å². The Morgan fingerprint density at radius 2 is 1.89 bits per heavy atom. The van der Waals surface area contributed by atoms with E-state index in [0.717, 1.165) is 20.5 Å². The minimum Gasteiger partial charge on any atom is -0.494 e. The summed E-state index contributed by atoms with van der Waals surface area (Å²) < 4.78 is 39.1. The lowest BCUT2D eigenvalue weighted by molar-refractivity contribution is -0.0268. The maximum absolute atomic E-state index is 13.7. The van der Waals surface area contributed by atoms with Crippen molar-refractivity contribution in [2.24, 2.45) is 0 Å². The molecule has 0 saturated carbocycles. The van der Waals surface area contributed by atoms with Crippen LogP contribution in [0.5, 0.6) is 5.75 Å². The van der Waals surface area contributed by atoms with Crippen molar-refractivity contribution >= 4 is 21.4 Å². The Balaban J connectivity index is 1.53. The monoisotopic (exact) mass is 391 g/mol. The van der Waals surface area contributed by atoms with Gasteiger partial charge in [-0.25, -0.2) is 8.78 Å². The summed E-state index contributed by atoms with van der Waals surface area (Å²) in [5.41, 5.74) is 1.08. The first-order chi connectivity index (χ1) is 13.1. The number of benzene rings is 1. The zero-order chi connectivity index (χ0) is 19.1. The van der Waals surface area contributed by atoms with E-state index in [4.69, 9.17) is 9.47 Å². The first-order valence-electron chi connectivity index (χ1n) is 9.01. The maximum Gasteiger partial charge on any atom is 0.248 e. The van der Waals surface area contributed by atoms with E-state index in [1.807, 2.05) is 36.5 Å². The number of thiophene rings is 1. The van der Waals surface area contributed by atoms with Gasteiger partial charge in [-0.15, -0.1) is 11.3 Å². The highest BCUT2D eigenvalue weighted by Crippen LogP contribution is 2.35. The predicted octanol–water partition coefficient (Wildman–Crippen LogP) is 6.18. The van der Waals surface area contributed by atoms with Gasteiger partial charge in [0.25, 0.3) is 0 Å². The van der Waals surface area contributed by atoms with Crippen LogP contribution in [0, 0.1) is 0 Å². The van der Waals surface area contributed by atoms with Crippen LogP contribution in [0.2, 0.25) is 0 Å². The topological polar surface area (TPSA) is 31.4 Å². The Labute approximate surface area is 162 Å². The van der Waals surface area contributed by atoms with Crippen molar-refractivity contribution < 1.29 is 18.3 Å². The lowest BCUT2D eigenvalue weighted by Crippen LogP contribution is -2.18. The standard InChI is InChI=1S/C21H23F2NO2S/c1-25-11-3-8-21(22,23)9-4-12-26-18-7-6-16-13-19(27-20(16)14-18)17-5-2-10-24-15-17/h2,5-7,10,13-15H,3-4,8-9,11-12H2,1H3. The number of rotatable bonds is 10. The van der Waals surface area contributed by atoms with Crippen molar-refractivity contribution in [2.75, 3.05) is 20.3 Å². The number of hydrogen-bond donors (Lipinski definition) is 0. The Morgan fingerprint density at radius 3 is 2.63 bits per heavy atom. The van der Waals surface area contributed by atoms with Gasteiger partial charge in [-0.05, 0) is 48.6 Å². The Morgan fingerprint density at radius 1 is 1.07 bits per heavy atom. The second kappa shape index (κ2) is 9.24. The van der Waals surface area contributed by atoms with Crippen molar-refractivity contribution in [1.82, 2.24) is 4.98 Å². The average Bonchev–Trinajstić information content (AvgIpc) is 3.09. The highest BCUT2D eigenvalue weighted by Gasteiger charge is 2.27. The van der Waals surface area contributed by atoms with E-state index in [9.17, 15) is 8.78 Å². The normalized spacial score (nSPS) is 11.8. The zero-order valence-corrected chi connectivity index (χ0v) is 16.1. The van der Waals surface area contributed by atoms with Crippen LogP contribution in [0.4, 0.5) is 8.78 Å². The molecule has 144 valence electrons. The second-order valence-electron chi connectivity index (χ2n) is 6.46. The van der Waals surface area contributed by atoms with E-state index in [-0.39, 0.29) is 19.4 Å². The molecule has 0 aliphatic heterocycles. The number of pyridine rings is 1. The van der Waals surface area contributed by atoms with Crippen molar-refractivity contribution in [3.8, 4) is 16.2 Å². The molecule has 2 aromatic heterocycles. The third-order valence-electron chi connectivity index (χ3n) is 4.28. The SMILES string of the molecule is COCCCC(F)(F)CCCOc1ccc2cc(-c3cccnc3)sc2c1. The molecule has 1 aromatic carbocycles. The van der Waals surface area contributed by atoms with Gasteiger partial charge >= 0.3 is 0 Å². The predicted molar refractivity (Wildman–Crippen MR) is 106 cm³/mol. The minimum atomic E-state index is -2.65. The van der Waals surface area contributed by atoms with E-state index in [1.54, 1.807) is 17.5 Å². The molecule has 0 radical (unpaired) electrons. The van der Waals surface area contributed by atoms with Crippen LogP contribution in [0.15, 0.2) is 48.8 Å². The van der Waals surface area contributed by atoms with Gasteiger partial charge in [-0.2, -0.15) is 0 Å². The van der Waals surface area contributed by atoms with E-state index in [2.05, 4.69) is 11.1 Å². The van der Waals surface area contributed by atoms with Crippen molar-refractivity contribution in [1.29, 1.82) is 0 Å². The molecule has 3 aromatic rings. The summed E-state index contributed by atoms with van der Waals surface area (Å²) >= 11 is 1.67. The maximum atomic E-state index is 13.7. The molecule has 27 heavy (non-hydrogen) atoms. The fourth-order valence-electron chi connectivity index (χ4n) is 2.87. The first-order valence-corrected chi connectivity index (χ1v) is 9.83. The number of fused-ring (bicyclic) bond motifs is 1. The summed E-state index contributed by atoms with van der Waals surface area (Å²) in [6, 6.07) is 11.9. The van der Waals surface area contributed by atoms with Crippen LogP contribution in [0.25, 0.3) is 20.5 Å². The van der Waals surface area contributed by atoms with E-state index in [1.165, 1.54) is 7.11 Å². The molecular formula is C21H23F2NO2S. The Hall–Kier alpha value is -2.05. The van der Waals surface area contributed by atoms with Gasteiger partial charge in [0.15, 0.2) is 0 Å². The molecule has 0 atom stereocenters.